The van der Waals surface area contributed by atoms with Crippen LogP contribution in [0.4, 0.5) is 0 Å². The van der Waals surface area contributed by atoms with E-state index in [1.54, 1.807) is 0 Å². The molecular weight excluding hydrogens is 308 g/mol. The second-order valence-corrected chi connectivity index (χ2v) is 6.40. The first-order chi connectivity index (χ1) is 11.7. The fourth-order valence-corrected chi connectivity index (χ4v) is 3.64. The molecule has 2 aliphatic rings. The van der Waals surface area contributed by atoms with E-state index in [1.165, 1.54) is 18.6 Å². The molecule has 2 aromatic rings. The third-order valence-electron chi connectivity index (χ3n) is 4.85. The van der Waals surface area contributed by atoms with Gasteiger partial charge in [0.2, 0.25) is 0 Å². The van der Waals surface area contributed by atoms with Gasteiger partial charge in [0.05, 0.1) is 6.04 Å². The maximum absolute atomic E-state index is 12.8. The van der Waals surface area contributed by atoms with Gasteiger partial charge >= 0.3 is 0 Å². The van der Waals surface area contributed by atoms with Crippen molar-refractivity contribution < 1.29 is 4.79 Å². The van der Waals surface area contributed by atoms with Gasteiger partial charge < -0.3 is 9.47 Å². The van der Waals surface area contributed by atoms with Crippen molar-refractivity contribution in [1.29, 1.82) is 0 Å². The molecule has 8 heteroatoms. The first-order valence-electron chi connectivity index (χ1n) is 8.53. The third kappa shape index (κ3) is 2.61. The van der Waals surface area contributed by atoms with Crippen molar-refractivity contribution in [2.24, 2.45) is 0 Å². The van der Waals surface area contributed by atoms with Crippen LogP contribution in [0.25, 0.3) is 0 Å². The van der Waals surface area contributed by atoms with Crippen molar-refractivity contribution in [3.8, 4) is 0 Å². The maximum atomic E-state index is 12.8. The van der Waals surface area contributed by atoms with Crippen LogP contribution >= 0.6 is 0 Å². The third-order valence-corrected chi connectivity index (χ3v) is 4.85. The van der Waals surface area contributed by atoms with Crippen LogP contribution in [-0.4, -0.2) is 42.3 Å². The standard InChI is InChI=1S/C16H20N6O2/c23-14-8-7-11(17-19-14)16(24)21-10-4-5-12(21)15-20-18-13-6-2-1-3-9-22(13)15/h7-8,12H,1-6,9-10H2,(H,19,23). The molecule has 1 N–H and O–H groups in total. The molecule has 1 fully saturated rings. The molecular formula is C16H20N6O2. The van der Waals surface area contributed by atoms with E-state index in [1.807, 2.05) is 4.90 Å². The highest BCUT2D eigenvalue weighted by atomic mass is 16.2. The molecule has 4 heterocycles. The fourth-order valence-electron chi connectivity index (χ4n) is 3.64. The largest absolute Gasteiger partial charge is 0.327 e. The average Bonchev–Trinajstić information content (AvgIpc) is 3.16. The lowest BCUT2D eigenvalue weighted by molar-refractivity contribution is 0.0719. The van der Waals surface area contributed by atoms with E-state index in [0.717, 1.165) is 50.3 Å². The lowest BCUT2D eigenvalue weighted by atomic mass is 10.2. The van der Waals surface area contributed by atoms with Gasteiger partial charge in [-0.25, -0.2) is 5.10 Å². The van der Waals surface area contributed by atoms with E-state index in [-0.39, 0.29) is 23.2 Å². The topological polar surface area (TPSA) is 96.8 Å². The second-order valence-electron chi connectivity index (χ2n) is 6.40. The zero-order valence-corrected chi connectivity index (χ0v) is 13.4. The van der Waals surface area contributed by atoms with E-state index >= 15 is 0 Å². The van der Waals surface area contributed by atoms with Crippen molar-refractivity contribution >= 4 is 5.91 Å². The van der Waals surface area contributed by atoms with Gasteiger partial charge in [-0.3, -0.25) is 9.59 Å². The van der Waals surface area contributed by atoms with Gasteiger partial charge in [-0.15, -0.1) is 10.2 Å². The molecule has 0 aliphatic carbocycles. The summed E-state index contributed by atoms with van der Waals surface area (Å²) in [4.78, 5) is 25.7. The Balaban J connectivity index is 1.63. The van der Waals surface area contributed by atoms with Gasteiger partial charge in [0.15, 0.2) is 5.82 Å². The number of hydrogen-bond donors (Lipinski definition) is 1. The highest BCUT2D eigenvalue weighted by Crippen LogP contribution is 2.33. The van der Waals surface area contributed by atoms with Gasteiger partial charge in [0, 0.05) is 25.6 Å². The van der Waals surface area contributed by atoms with Crippen LogP contribution < -0.4 is 5.56 Å². The number of rotatable bonds is 2. The molecule has 0 radical (unpaired) electrons. The molecule has 126 valence electrons. The highest BCUT2D eigenvalue weighted by molar-refractivity contribution is 5.92. The van der Waals surface area contributed by atoms with Gasteiger partial charge in [0.1, 0.15) is 11.5 Å². The molecule has 4 rings (SSSR count). The van der Waals surface area contributed by atoms with Gasteiger partial charge in [-0.05, 0) is 31.7 Å². The predicted molar refractivity (Wildman–Crippen MR) is 85.4 cm³/mol. The Kier molecular flexibility index (Phi) is 3.87. The van der Waals surface area contributed by atoms with E-state index in [0.29, 0.717) is 6.54 Å². The summed E-state index contributed by atoms with van der Waals surface area (Å²) in [5.41, 5.74) is -0.0515. The van der Waals surface area contributed by atoms with Crippen LogP contribution in [0.3, 0.4) is 0 Å². The van der Waals surface area contributed by atoms with Crippen molar-refractivity contribution in [3.63, 3.8) is 0 Å². The number of H-pyrrole nitrogens is 1. The quantitative estimate of drug-likeness (QED) is 0.889. The predicted octanol–water partition coefficient (Wildman–Crippen LogP) is 1.07. The first kappa shape index (κ1) is 15.0. The number of aromatic nitrogens is 5. The molecule has 8 nitrogen and oxygen atoms in total. The van der Waals surface area contributed by atoms with Crippen molar-refractivity contribution in [3.05, 3.63) is 39.8 Å². The zero-order valence-electron chi connectivity index (χ0n) is 13.4. The van der Waals surface area contributed by atoms with Crippen molar-refractivity contribution in [2.75, 3.05) is 6.54 Å². The summed E-state index contributed by atoms with van der Waals surface area (Å²) in [5.74, 6) is 1.76. The minimum Gasteiger partial charge on any atom is -0.327 e. The molecule has 1 unspecified atom stereocenters. The van der Waals surface area contributed by atoms with E-state index in [4.69, 9.17) is 0 Å². The van der Waals surface area contributed by atoms with E-state index in [2.05, 4.69) is 25.0 Å². The van der Waals surface area contributed by atoms with Crippen LogP contribution in [0.2, 0.25) is 0 Å². The first-order valence-corrected chi connectivity index (χ1v) is 8.53. The van der Waals surface area contributed by atoms with E-state index in [9.17, 15) is 9.59 Å². The number of carbonyl (C=O) groups is 1. The monoisotopic (exact) mass is 328 g/mol. The molecule has 0 aromatic carbocycles. The minimum absolute atomic E-state index is 0.0643. The van der Waals surface area contributed by atoms with Crippen LogP contribution in [0.1, 0.15) is 60.3 Å². The minimum atomic E-state index is -0.313. The summed E-state index contributed by atoms with van der Waals surface area (Å²) in [6.07, 6.45) is 6.24. The number of nitrogens with one attached hydrogen (secondary N) is 1. The fraction of sp³-hybridized carbons (Fsp3) is 0.562. The van der Waals surface area contributed by atoms with Crippen LogP contribution in [0, 0.1) is 0 Å². The number of likely N-dealkylation sites (tertiary alicyclic amines) is 1. The van der Waals surface area contributed by atoms with Crippen LogP contribution in [-0.2, 0) is 13.0 Å². The highest BCUT2D eigenvalue weighted by Gasteiger charge is 2.35. The average molecular weight is 328 g/mol. The Morgan fingerprint density at radius 3 is 2.88 bits per heavy atom. The van der Waals surface area contributed by atoms with E-state index < -0.39 is 0 Å². The van der Waals surface area contributed by atoms with Crippen LogP contribution in [0.15, 0.2) is 16.9 Å². The number of hydrogen-bond acceptors (Lipinski definition) is 5. The number of aryl methyl sites for hydroxylation is 1. The number of aromatic amines is 1. The Labute approximate surface area is 138 Å². The Morgan fingerprint density at radius 1 is 1.12 bits per heavy atom. The summed E-state index contributed by atoms with van der Waals surface area (Å²) < 4.78 is 2.20. The zero-order chi connectivity index (χ0) is 16.5. The molecule has 0 bridgehead atoms. The number of fused-ring (bicyclic) bond motifs is 1. The molecule has 1 saturated heterocycles. The lowest BCUT2D eigenvalue weighted by Crippen LogP contribution is -2.33. The SMILES string of the molecule is O=C(c1ccc(=O)[nH]n1)N1CCCC1c1nnc2n1CCCCC2. The summed E-state index contributed by atoms with van der Waals surface area (Å²) in [6, 6.07) is 2.74. The van der Waals surface area contributed by atoms with Crippen LogP contribution in [0.5, 0.6) is 0 Å². The number of carbonyl (C=O) groups excluding carboxylic acids is 1. The van der Waals surface area contributed by atoms with Gasteiger partial charge in [0.25, 0.3) is 11.5 Å². The normalized spacial score (nSPS) is 20.7. The number of amides is 1. The summed E-state index contributed by atoms with van der Waals surface area (Å²) >= 11 is 0. The molecule has 1 atom stereocenters. The second kappa shape index (κ2) is 6.18. The van der Waals surface area contributed by atoms with Crippen molar-refractivity contribution in [2.45, 2.75) is 51.1 Å². The number of nitrogens with zero attached hydrogens (tertiary/aromatic N) is 5. The molecule has 2 aromatic heterocycles. The summed E-state index contributed by atoms with van der Waals surface area (Å²) in [5, 5.41) is 14.9. The Bertz CT molecular complexity index is 791. The lowest BCUT2D eigenvalue weighted by Gasteiger charge is -2.24. The van der Waals surface area contributed by atoms with Crippen molar-refractivity contribution in [1.82, 2.24) is 29.9 Å². The Morgan fingerprint density at radius 2 is 2.04 bits per heavy atom. The molecule has 1 amide bonds. The summed E-state index contributed by atoms with van der Waals surface area (Å²) in [7, 11) is 0. The molecule has 0 saturated carbocycles. The van der Waals surface area contributed by atoms with Gasteiger partial charge in [-0.1, -0.05) is 6.42 Å². The van der Waals surface area contributed by atoms with Gasteiger partial charge in [-0.2, -0.15) is 5.10 Å². The maximum Gasteiger partial charge on any atom is 0.274 e. The molecule has 2 aliphatic heterocycles. The summed E-state index contributed by atoms with van der Waals surface area (Å²) in [6.45, 7) is 1.60. The molecule has 0 spiro atoms. The Hall–Kier alpha value is -2.51. The smallest absolute Gasteiger partial charge is 0.274 e. The molecule has 24 heavy (non-hydrogen) atoms.